The number of fused-ring (bicyclic) bond motifs is 2. The van der Waals surface area contributed by atoms with Gasteiger partial charge in [-0.1, -0.05) is 0 Å². The molecular formula is C32H34N6O6. The van der Waals surface area contributed by atoms with Crippen LogP contribution >= 0.6 is 0 Å². The van der Waals surface area contributed by atoms with Gasteiger partial charge in [0.15, 0.2) is 12.5 Å². The Morgan fingerprint density at radius 1 is 0.682 bits per heavy atom. The first-order valence-corrected chi connectivity index (χ1v) is 14.8. The number of carbonyl (C=O) groups is 2. The number of nitrogens with one attached hydrogen (secondary N) is 4. The monoisotopic (exact) mass is 598 g/mol. The molecule has 6 N–H and O–H groups in total. The van der Waals surface area contributed by atoms with Crippen LogP contribution in [0.5, 0.6) is 11.5 Å². The van der Waals surface area contributed by atoms with Gasteiger partial charge >= 0.3 is 0 Å². The normalized spacial score (nSPS) is 20.2. The molecule has 2 unspecified atom stereocenters. The van der Waals surface area contributed by atoms with Crippen LogP contribution in [0.4, 0.5) is 11.4 Å². The van der Waals surface area contributed by atoms with Crippen LogP contribution in [0.1, 0.15) is 55.7 Å². The number of H-pyrrole nitrogens is 2. The second-order valence-corrected chi connectivity index (χ2v) is 11.0. The van der Waals surface area contributed by atoms with Crippen molar-refractivity contribution >= 4 is 22.9 Å². The molecule has 2 aromatic heterocycles. The van der Waals surface area contributed by atoms with Crippen molar-refractivity contribution < 1.29 is 29.3 Å². The van der Waals surface area contributed by atoms with Crippen molar-refractivity contribution in [2.45, 2.75) is 12.5 Å². The second kappa shape index (κ2) is 11.8. The molecule has 2 aliphatic heterocycles. The van der Waals surface area contributed by atoms with Crippen LogP contribution in [0, 0.1) is 0 Å². The number of aromatic amines is 2. The van der Waals surface area contributed by atoms with Gasteiger partial charge in [-0.2, -0.15) is 0 Å². The van der Waals surface area contributed by atoms with Gasteiger partial charge in [0, 0.05) is 63.0 Å². The predicted octanol–water partition coefficient (Wildman–Crippen LogP) is 3.42. The van der Waals surface area contributed by atoms with E-state index in [-0.39, 0.29) is 46.2 Å². The summed E-state index contributed by atoms with van der Waals surface area (Å²) < 4.78 is 11.8. The number of ether oxygens (including phenoxy) is 2. The first-order valence-electron chi connectivity index (χ1n) is 14.8. The smallest absolute Gasteiger partial charge is 0.200 e. The van der Waals surface area contributed by atoms with Gasteiger partial charge in [-0.25, -0.2) is 0 Å². The topological polar surface area (TPSA) is 155 Å². The molecule has 0 spiro atoms. The number of hydrogen-bond donors (Lipinski definition) is 6. The summed E-state index contributed by atoms with van der Waals surface area (Å²) in [6.07, 6.45) is 3.37. The summed E-state index contributed by atoms with van der Waals surface area (Å²) in [4.78, 5) is 38.7. The zero-order chi connectivity index (χ0) is 30.2. The second-order valence-electron chi connectivity index (χ2n) is 11.0. The highest BCUT2D eigenvalue weighted by Crippen LogP contribution is 2.42. The van der Waals surface area contributed by atoms with Crippen LogP contribution in [0.15, 0.2) is 60.9 Å². The van der Waals surface area contributed by atoms with Crippen LogP contribution in [0.25, 0.3) is 0 Å². The standard InChI is InChI=1S/C32H34N6O6/c39-23-7-8-24(40)28-27(23)29(41)25-19(35-11-13-37-15-17-43-31(37)21-3-1-9-33-21)5-6-20(26(25)30(28)42)36-12-14-38-16-18-44-32(38)22-4-2-10-34-22/h1-10,31-36,39-40H,11-18H2. The number of hydrogen-bond acceptors (Lipinski definition) is 10. The molecule has 0 radical (unpaired) electrons. The first kappa shape index (κ1) is 28.2. The van der Waals surface area contributed by atoms with E-state index in [0.29, 0.717) is 50.8 Å². The van der Waals surface area contributed by atoms with Gasteiger partial charge in [0.2, 0.25) is 11.6 Å². The van der Waals surface area contributed by atoms with Crippen molar-refractivity contribution in [1.29, 1.82) is 0 Å². The lowest BCUT2D eigenvalue weighted by molar-refractivity contribution is 0.0315. The Hall–Kier alpha value is -4.62. The molecule has 1 aliphatic carbocycles. The lowest BCUT2D eigenvalue weighted by Gasteiger charge is -2.27. The highest BCUT2D eigenvalue weighted by atomic mass is 16.5. The van der Waals surface area contributed by atoms with Crippen molar-refractivity contribution in [3.63, 3.8) is 0 Å². The zero-order valence-electron chi connectivity index (χ0n) is 24.0. The maximum atomic E-state index is 13.9. The third kappa shape index (κ3) is 5.01. The Kier molecular flexibility index (Phi) is 7.56. The summed E-state index contributed by atoms with van der Waals surface area (Å²) in [7, 11) is 0. The molecule has 2 aromatic carbocycles. The zero-order valence-corrected chi connectivity index (χ0v) is 24.0. The molecule has 2 atom stereocenters. The van der Waals surface area contributed by atoms with E-state index < -0.39 is 11.6 Å². The summed E-state index contributed by atoms with van der Waals surface area (Å²) in [5.74, 6) is -1.75. The van der Waals surface area contributed by atoms with Crippen LogP contribution in [-0.2, 0) is 9.47 Å². The number of anilines is 2. The summed E-state index contributed by atoms with van der Waals surface area (Å²) in [5, 5.41) is 27.9. The molecular weight excluding hydrogens is 564 g/mol. The average Bonchev–Trinajstić information content (AvgIpc) is 3.84. The summed E-state index contributed by atoms with van der Waals surface area (Å²) in [6.45, 7) is 4.97. The fourth-order valence-electron chi connectivity index (χ4n) is 6.36. The van der Waals surface area contributed by atoms with Crippen molar-refractivity contribution in [3.05, 3.63) is 94.6 Å². The molecule has 228 valence electrons. The van der Waals surface area contributed by atoms with E-state index in [4.69, 9.17) is 9.47 Å². The Labute approximate surface area is 253 Å². The number of nitrogens with zero attached hydrogens (tertiary/aromatic N) is 2. The SMILES string of the molecule is O=C1c2c(O)ccc(O)c2C(=O)c2c(NCCN3CCOC3c3ccc[nH]3)ccc(NCCN3CCOC3c3ccc[nH]3)c21. The van der Waals surface area contributed by atoms with Crippen molar-refractivity contribution in [2.75, 3.05) is 63.1 Å². The summed E-state index contributed by atoms with van der Waals surface area (Å²) in [6, 6.07) is 13.9. The van der Waals surface area contributed by atoms with E-state index in [1.54, 1.807) is 12.1 Å². The minimum atomic E-state index is -0.525. The fraction of sp³-hybridized carbons (Fsp3) is 0.312. The average molecular weight is 599 g/mol. The molecule has 2 saturated heterocycles. The Morgan fingerprint density at radius 3 is 1.55 bits per heavy atom. The number of aromatic nitrogens is 2. The van der Waals surface area contributed by atoms with Gasteiger partial charge < -0.3 is 40.3 Å². The predicted molar refractivity (Wildman–Crippen MR) is 162 cm³/mol. The maximum Gasteiger partial charge on any atom is 0.200 e. The number of rotatable bonds is 10. The van der Waals surface area contributed by atoms with Crippen molar-refractivity contribution in [2.24, 2.45) is 0 Å². The molecule has 4 aromatic rings. The highest BCUT2D eigenvalue weighted by Gasteiger charge is 2.38. The van der Waals surface area contributed by atoms with E-state index >= 15 is 0 Å². The summed E-state index contributed by atoms with van der Waals surface area (Å²) in [5.41, 5.74) is 2.87. The first-order chi connectivity index (χ1) is 21.5. The molecule has 44 heavy (non-hydrogen) atoms. The quantitative estimate of drug-likeness (QED) is 0.132. The molecule has 0 amide bonds. The van der Waals surface area contributed by atoms with Gasteiger partial charge in [-0.3, -0.25) is 19.4 Å². The number of carbonyl (C=O) groups excluding carboxylic acids is 2. The molecule has 7 rings (SSSR count). The Morgan fingerprint density at radius 2 is 1.14 bits per heavy atom. The number of aromatic hydroxyl groups is 2. The third-order valence-corrected chi connectivity index (χ3v) is 8.45. The van der Waals surface area contributed by atoms with Crippen molar-refractivity contribution in [3.8, 4) is 11.5 Å². The van der Waals surface area contributed by atoms with Gasteiger partial charge in [0.1, 0.15) is 11.5 Å². The highest BCUT2D eigenvalue weighted by molar-refractivity contribution is 6.33. The number of ketones is 2. The van der Waals surface area contributed by atoms with Gasteiger partial charge in [-0.05, 0) is 48.5 Å². The largest absolute Gasteiger partial charge is 0.507 e. The van der Waals surface area contributed by atoms with E-state index in [0.717, 1.165) is 24.5 Å². The molecule has 3 aliphatic rings. The van der Waals surface area contributed by atoms with Crippen molar-refractivity contribution in [1.82, 2.24) is 19.8 Å². The van der Waals surface area contributed by atoms with Crippen LogP contribution in [0.3, 0.4) is 0 Å². The minimum absolute atomic E-state index is 0.167. The lowest BCUT2D eigenvalue weighted by atomic mass is 9.81. The van der Waals surface area contributed by atoms with Crippen LogP contribution < -0.4 is 10.6 Å². The Balaban J connectivity index is 1.13. The minimum Gasteiger partial charge on any atom is -0.507 e. The van der Waals surface area contributed by atoms with Gasteiger partial charge in [0.25, 0.3) is 0 Å². The van der Waals surface area contributed by atoms with E-state index in [9.17, 15) is 19.8 Å². The van der Waals surface area contributed by atoms with Crippen LogP contribution in [0.2, 0.25) is 0 Å². The Bertz CT molecular complexity index is 1550. The van der Waals surface area contributed by atoms with Gasteiger partial charge in [-0.15, -0.1) is 0 Å². The molecule has 0 bridgehead atoms. The van der Waals surface area contributed by atoms with E-state index in [1.807, 2.05) is 36.7 Å². The maximum absolute atomic E-state index is 13.9. The number of benzene rings is 2. The lowest BCUT2D eigenvalue weighted by Crippen LogP contribution is -2.31. The summed E-state index contributed by atoms with van der Waals surface area (Å²) >= 11 is 0. The molecule has 2 fully saturated rings. The van der Waals surface area contributed by atoms with E-state index in [2.05, 4.69) is 30.4 Å². The van der Waals surface area contributed by atoms with Gasteiger partial charge in [0.05, 0.1) is 46.9 Å². The fourth-order valence-corrected chi connectivity index (χ4v) is 6.36. The van der Waals surface area contributed by atoms with Crippen LogP contribution in [-0.4, -0.2) is 94.0 Å². The number of phenols is 2. The third-order valence-electron chi connectivity index (χ3n) is 8.45. The molecule has 4 heterocycles. The molecule has 12 nitrogen and oxygen atoms in total. The number of phenolic OH excluding ortho intramolecular Hbond substituents is 2. The molecule has 0 saturated carbocycles. The molecule has 12 heteroatoms. The van der Waals surface area contributed by atoms with E-state index in [1.165, 1.54) is 12.1 Å².